The van der Waals surface area contributed by atoms with Gasteiger partial charge in [-0.2, -0.15) is 0 Å². The Morgan fingerprint density at radius 1 is 1.00 bits per heavy atom. The van der Waals surface area contributed by atoms with Crippen molar-refractivity contribution >= 4 is 21.6 Å². The van der Waals surface area contributed by atoms with Gasteiger partial charge < -0.3 is 4.74 Å². The van der Waals surface area contributed by atoms with Crippen LogP contribution in [-0.4, -0.2) is 16.2 Å². The van der Waals surface area contributed by atoms with Crippen LogP contribution in [0.3, 0.4) is 0 Å². The summed E-state index contributed by atoms with van der Waals surface area (Å²) in [6.45, 7) is 0.247. The summed E-state index contributed by atoms with van der Waals surface area (Å²) < 4.78 is 7.97. The number of ether oxygens (including phenoxy) is 1. The monoisotopic (exact) mass is 416 g/mol. The van der Waals surface area contributed by atoms with Crippen molar-refractivity contribution < 1.29 is 4.74 Å². The van der Waals surface area contributed by atoms with E-state index in [0.29, 0.717) is 16.6 Å². The number of benzene rings is 2. The molecular weight excluding hydrogens is 396 g/mol. The maximum atomic E-state index is 13.0. The van der Waals surface area contributed by atoms with Crippen LogP contribution in [-0.2, 0) is 20.0 Å². The van der Waals surface area contributed by atoms with Gasteiger partial charge in [0.05, 0.1) is 23.9 Å². The number of fused-ring (bicyclic) bond motifs is 1. The molecule has 4 aromatic rings. The summed E-state index contributed by atoms with van der Waals surface area (Å²) >= 11 is 1.36. The van der Waals surface area contributed by atoms with Gasteiger partial charge in [0, 0.05) is 13.5 Å². The van der Waals surface area contributed by atoms with E-state index < -0.39 is 0 Å². The first kappa shape index (κ1) is 19.7. The van der Waals surface area contributed by atoms with Crippen molar-refractivity contribution in [3.8, 4) is 17.6 Å². The molecule has 0 fully saturated rings. The zero-order chi connectivity index (χ0) is 21.1. The predicted octanol–water partition coefficient (Wildman–Crippen LogP) is 3.41. The van der Waals surface area contributed by atoms with Crippen LogP contribution in [0.5, 0.6) is 5.75 Å². The molecule has 0 radical (unpaired) electrons. The van der Waals surface area contributed by atoms with E-state index in [2.05, 4.69) is 11.8 Å². The second-order valence-corrected chi connectivity index (χ2v) is 7.91. The molecule has 0 aliphatic rings. The summed E-state index contributed by atoms with van der Waals surface area (Å²) in [5, 5.41) is 0.520. The predicted molar refractivity (Wildman–Crippen MR) is 120 cm³/mol. The summed E-state index contributed by atoms with van der Waals surface area (Å²) in [7, 11) is 3.33. The molecule has 0 bridgehead atoms. The molecule has 0 amide bonds. The Labute approximate surface area is 177 Å². The lowest BCUT2D eigenvalue weighted by molar-refractivity contribution is 0.414. The van der Waals surface area contributed by atoms with Crippen molar-refractivity contribution in [1.29, 1.82) is 0 Å². The molecule has 0 spiro atoms. The van der Waals surface area contributed by atoms with Crippen LogP contribution in [0.25, 0.3) is 10.2 Å². The highest BCUT2D eigenvalue weighted by Gasteiger charge is 2.14. The second kappa shape index (κ2) is 8.44. The second-order valence-electron chi connectivity index (χ2n) is 6.87. The molecule has 6 heteroatoms. The van der Waals surface area contributed by atoms with Crippen LogP contribution in [0.1, 0.15) is 16.0 Å². The lowest BCUT2D eigenvalue weighted by Crippen LogP contribution is -2.38. The summed E-state index contributed by atoms with van der Waals surface area (Å²) in [6, 6.07) is 19.0. The van der Waals surface area contributed by atoms with Gasteiger partial charge in [0.1, 0.15) is 10.6 Å². The molecule has 0 N–H and O–H groups in total. The van der Waals surface area contributed by atoms with Gasteiger partial charge in [-0.3, -0.25) is 13.9 Å². The Morgan fingerprint density at radius 3 is 2.43 bits per heavy atom. The fourth-order valence-corrected chi connectivity index (χ4v) is 4.21. The van der Waals surface area contributed by atoms with Crippen LogP contribution in [0.15, 0.2) is 70.3 Å². The molecule has 2 aromatic heterocycles. The number of methoxy groups -OCH3 is 1. The zero-order valence-electron chi connectivity index (χ0n) is 16.7. The zero-order valence-corrected chi connectivity index (χ0v) is 17.5. The topological polar surface area (TPSA) is 53.2 Å². The van der Waals surface area contributed by atoms with Gasteiger partial charge in [0.15, 0.2) is 0 Å². The van der Waals surface area contributed by atoms with Crippen LogP contribution in [0, 0.1) is 11.8 Å². The molecule has 0 aliphatic carbocycles. The third-order valence-corrected chi connectivity index (χ3v) is 5.98. The third kappa shape index (κ3) is 3.93. The van der Waals surface area contributed by atoms with Crippen LogP contribution in [0.2, 0.25) is 0 Å². The van der Waals surface area contributed by atoms with Crippen LogP contribution >= 0.6 is 11.3 Å². The highest BCUT2D eigenvalue weighted by atomic mass is 32.1. The molecule has 0 unspecified atom stereocenters. The van der Waals surface area contributed by atoms with E-state index in [1.54, 1.807) is 20.2 Å². The number of hydrogen-bond donors (Lipinski definition) is 0. The van der Waals surface area contributed by atoms with Gasteiger partial charge in [0.25, 0.3) is 5.56 Å². The highest BCUT2D eigenvalue weighted by molar-refractivity contribution is 7.19. The lowest BCUT2D eigenvalue weighted by Gasteiger charge is -2.08. The standard InChI is InChI=1S/C24H20N2O3S/c1-25-23-21(22(27)26(24(25)28)16-18-7-4-3-5-8-18)15-20(30-23)10-6-9-17-11-13-19(29-2)14-12-17/h3-5,7-8,11-15H,9,16H2,1-2H3. The normalized spacial score (nSPS) is 10.6. The Balaban J connectivity index is 1.66. The van der Waals surface area contributed by atoms with E-state index in [4.69, 9.17) is 4.74 Å². The number of hydrogen-bond acceptors (Lipinski definition) is 4. The first-order valence-corrected chi connectivity index (χ1v) is 10.3. The fraction of sp³-hybridized carbons (Fsp3) is 0.167. The van der Waals surface area contributed by atoms with Crippen LogP contribution in [0.4, 0.5) is 0 Å². The minimum atomic E-state index is -0.323. The van der Waals surface area contributed by atoms with E-state index in [-0.39, 0.29) is 17.8 Å². The number of rotatable bonds is 4. The summed E-state index contributed by atoms with van der Waals surface area (Å²) in [6.07, 6.45) is 0.593. The molecule has 0 saturated carbocycles. The summed E-state index contributed by atoms with van der Waals surface area (Å²) in [5.41, 5.74) is 1.39. The van der Waals surface area contributed by atoms with E-state index >= 15 is 0 Å². The average molecular weight is 417 g/mol. The smallest absolute Gasteiger partial charge is 0.332 e. The van der Waals surface area contributed by atoms with Crippen molar-refractivity contribution in [3.05, 3.63) is 97.5 Å². The van der Waals surface area contributed by atoms with Gasteiger partial charge in [-0.1, -0.05) is 54.3 Å². The van der Waals surface area contributed by atoms with Crippen molar-refractivity contribution in [2.45, 2.75) is 13.0 Å². The first-order valence-electron chi connectivity index (χ1n) is 9.46. The SMILES string of the molecule is COc1ccc(CC#Cc2cc3c(=O)n(Cc4ccccc4)c(=O)n(C)c3s2)cc1. The van der Waals surface area contributed by atoms with E-state index in [1.807, 2.05) is 54.6 Å². The van der Waals surface area contributed by atoms with Crippen molar-refractivity contribution in [2.75, 3.05) is 7.11 Å². The molecule has 2 heterocycles. The quantitative estimate of drug-likeness (QED) is 0.479. The summed E-state index contributed by atoms with van der Waals surface area (Å²) in [5.74, 6) is 7.08. The first-order chi connectivity index (χ1) is 14.6. The van der Waals surface area contributed by atoms with Gasteiger partial charge in [-0.05, 0) is 29.3 Å². The molecule has 30 heavy (non-hydrogen) atoms. The van der Waals surface area contributed by atoms with Gasteiger partial charge >= 0.3 is 5.69 Å². The summed E-state index contributed by atoms with van der Waals surface area (Å²) in [4.78, 5) is 27.1. The Hall–Kier alpha value is -3.56. The third-order valence-electron chi connectivity index (χ3n) is 4.86. The van der Waals surface area contributed by atoms with E-state index in [1.165, 1.54) is 20.5 Å². The highest BCUT2D eigenvalue weighted by Crippen LogP contribution is 2.21. The van der Waals surface area contributed by atoms with Gasteiger partial charge in [0.2, 0.25) is 0 Å². The minimum Gasteiger partial charge on any atom is -0.497 e. The largest absolute Gasteiger partial charge is 0.497 e. The van der Waals surface area contributed by atoms with Crippen LogP contribution < -0.4 is 16.0 Å². The molecule has 150 valence electrons. The fourth-order valence-electron chi connectivity index (χ4n) is 3.23. The molecule has 0 atom stereocenters. The molecule has 0 saturated heterocycles. The van der Waals surface area contributed by atoms with Crippen molar-refractivity contribution in [3.63, 3.8) is 0 Å². The number of nitrogens with zero attached hydrogens (tertiary/aromatic N) is 2. The van der Waals surface area contributed by atoms with E-state index in [9.17, 15) is 9.59 Å². The lowest BCUT2D eigenvalue weighted by atomic mass is 10.1. The maximum absolute atomic E-state index is 13.0. The maximum Gasteiger partial charge on any atom is 0.332 e. The Kier molecular flexibility index (Phi) is 5.55. The molecule has 4 rings (SSSR count). The Bertz CT molecular complexity index is 1370. The van der Waals surface area contributed by atoms with Gasteiger partial charge in [-0.25, -0.2) is 4.79 Å². The molecule has 5 nitrogen and oxygen atoms in total. The molecular formula is C24H20N2O3S. The Morgan fingerprint density at radius 2 is 1.73 bits per heavy atom. The average Bonchev–Trinajstić information content (AvgIpc) is 3.21. The van der Waals surface area contributed by atoms with Crippen molar-refractivity contribution in [1.82, 2.24) is 9.13 Å². The number of aryl methyl sites for hydroxylation is 1. The number of aromatic nitrogens is 2. The van der Waals surface area contributed by atoms with Crippen molar-refractivity contribution in [2.24, 2.45) is 7.05 Å². The van der Waals surface area contributed by atoms with E-state index in [0.717, 1.165) is 21.8 Å². The number of thiophene rings is 1. The molecule has 2 aromatic carbocycles. The minimum absolute atomic E-state index is 0.247. The molecule has 0 aliphatic heterocycles. The van der Waals surface area contributed by atoms with Gasteiger partial charge in [-0.15, -0.1) is 11.3 Å².